The van der Waals surface area contributed by atoms with Gasteiger partial charge in [0.1, 0.15) is 5.78 Å². The van der Waals surface area contributed by atoms with Crippen LogP contribution < -0.4 is 37.3 Å². The van der Waals surface area contributed by atoms with Crippen LogP contribution in [0.15, 0.2) is 12.7 Å². The van der Waals surface area contributed by atoms with Crippen LogP contribution in [0.4, 0.5) is 0 Å². The third-order valence-corrected chi connectivity index (χ3v) is 12.0. The average molecular weight is 717 g/mol. The van der Waals surface area contributed by atoms with E-state index in [0.29, 0.717) is 29.7 Å². The number of amides is 3. The predicted molar refractivity (Wildman–Crippen MR) is 154 cm³/mol. The van der Waals surface area contributed by atoms with Crippen LogP contribution in [0.2, 0.25) is 0 Å². The average Bonchev–Trinajstić information content (AvgIpc) is 3.78. The normalized spacial score (nSPS) is 22.4. The second kappa shape index (κ2) is 16.6. The Labute approximate surface area is 259 Å². The molecule has 0 aromatic heterocycles. The van der Waals surface area contributed by atoms with E-state index in [1.807, 2.05) is 20.8 Å². The van der Waals surface area contributed by atoms with E-state index in [4.69, 9.17) is 27.9 Å². The summed E-state index contributed by atoms with van der Waals surface area (Å²) in [6.07, 6.45) is 4.96. The number of nitrogens with one attached hydrogen (secondary N) is 3. The molecule has 0 aromatic carbocycles. The number of hydrogen-bond donors (Lipinski definition) is 3. The van der Waals surface area contributed by atoms with Crippen LogP contribution in [0.1, 0.15) is 66.2 Å². The van der Waals surface area contributed by atoms with Crippen LogP contribution in [0.3, 0.4) is 0 Å². The number of methoxy groups -OCH3 is 1. The van der Waals surface area contributed by atoms with Crippen molar-refractivity contribution in [3.05, 3.63) is 12.7 Å². The fourth-order valence-electron chi connectivity index (χ4n) is 4.81. The maximum absolute atomic E-state index is 13.2. The molecule has 230 valence electrons. The van der Waals surface area contributed by atoms with E-state index in [0.717, 1.165) is 17.3 Å². The minimum absolute atomic E-state index is 0.0145. The van der Waals surface area contributed by atoms with Crippen molar-refractivity contribution < 1.29 is 45.1 Å². The van der Waals surface area contributed by atoms with Crippen molar-refractivity contribution in [2.24, 2.45) is 17.8 Å². The van der Waals surface area contributed by atoms with Gasteiger partial charge in [-0.25, -0.2) is 0 Å². The van der Waals surface area contributed by atoms with Gasteiger partial charge < -0.3 is 4.74 Å². The van der Waals surface area contributed by atoms with E-state index in [1.165, 1.54) is 5.01 Å². The Hall–Kier alpha value is -0.950. The number of Topliss-reactive ketones (excluding diaryl/α,β-unsaturated/α-hetero) is 1. The number of carbonyl (C=O) groups is 4. The first-order chi connectivity index (χ1) is 18.8. The topological polar surface area (TPSA) is 117 Å². The van der Waals surface area contributed by atoms with Crippen LogP contribution in [0.25, 0.3) is 0 Å². The molecule has 40 heavy (non-hydrogen) atoms. The molecule has 0 aliphatic carbocycles. The van der Waals surface area contributed by atoms with Gasteiger partial charge in [-0.1, -0.05) is 26.8 Å². The number of hydrogen-bond acceptors (Lipinski definition) is 6. The predicted octanol–water partition coefficient (Wildman–Crippen LogP) is -0.0132. The summed E-state index contributed by atoms with van der Waals surface area (Å²) < 4.78 is 5.94. The molecule has 2 rings (SSSR count). The quantitative estimate of drug-likeness (QED) is 0.111. The maximum atomic E-state index is 13.2. The van der Waals surface area contributed by atoms with Crippen molar-refractivity contribution in [2.45, 2.75) is 92.7 Å². The van der Waals surface area contributed by atoms with Crippen molar-refractivity contribution in [2.75, 3.05) is 24.6 Å². The number of allylic oxidation sites excluding steroid dienone is 1. The van der Waals surface area contributed by atoms with E-state index in [9.17, 15) is 19.2 Å². The van der Waals surface area contributed by atoms with E-state index >= 15 is 0 Å². The summed E-state index contributed by atoms with van der Waals surface area (Å²) in [6.45, 7) is 11.7. The van der Waals surface area contributed by atoms with Gasteiger partial charge in [0.25, 0.3) is 0 Å². The number of alkyl halides is 4. The zero-order valence-electron chi connectivity index (χ0n) is 24.3. The molecular weight excluding hydrogens is 670 g/mol. The molecule has 3 N–H and O–H groups in total. The molecular formula is C28H46Cl2IN4O5-. The number of ether oxygens (including phenoxy) is 1. The van der Waals surface area contributed by atoms with Crippen LogP contribution in [0.5, 0.6) is 0 Å². The summed E-state index contributed by atoms with van der Waals surface area (Å²) in [7, 11) is 1.60. The Morgan fingerprint density at radius 2 is 1.88 bits per heavy atom. The summed E-state index contributed by atoms with van der Waals surface area (Å²) in [6, 6.07) is -1.39. The minimum Gasteiger partial charge on any atom is -0.0620 e. The Kier molecular flexibility index (Phi) is 14.7. The van der Waals surface area contributed by atoms with E-state index < -0.39 is 22.3 Å². The fraction of sp³-hybridized carbons (Fsp3) is 0.786. The maximum Gasteiger partial charge on any atom is -0.0355 e. The third-order valence-electron chi connectivity index (χ3n) is 7.63. The number of carbonyl (C=O) groups excluding carboxylic acids is 4. The molecule has 6 atom stereocenters. The molecule has 2 aliphatic rings. The van der Waals surface area contributed by atoms with Crippen molar-refractivity contribution in [1.82, 2.24) is 21.1 Å². The molecule has 2 saturated heterocycles. The molecule has 12 heteroatoms. The summed E-state index contributed by atoms with van der Waals surface area (Å²) in [5.41, 5.74) is 3.00. The monoisotopic (exact) mass is 715 g/mol. The summed E-state index contributed by atoms with van der Waals surface area (Å²) >= 11 is 12.7. The summed E-state index contributed by atoms with van der Waals surface area (Å²) in [5.74, 6) is -1.50. The van der Waals surface area contributed by atoms with Crippen LogP contribution >= 0.6 is 23.2 Å². The number of hydrazine groups is 1. The first-order valence-electron chi connectivity index (χ1n) is 14.1. The summed E-state index contributed by atoms with van der Waals surface area (Å²) in [4.78, 5) is 51.9. The van der Waals surface area contributed by atoms with Gasteiger partial charge in [-0.3, -0.25) is 9.59 Å². The van der Waals surface area contributed by atoms with Gasteiger partial charge in [-0.05, 0) is 25.2 Å². The van der Waals surface area contributed by atoms with E-state index in [1.54, 1.807) is 20.1 Å². The van der Waals surface area contributed by atoms with Crippen molar-refractivity contribution in [1.29, 1.82) is 0 Å². The zero-order valence-corrected chi connectivity index (χ0v) is 28.0. The molecule has 2 aliphatic heterocycles. The number of nitrogens with zero attached hydrogens (tertiary/aromatic N) is 1. The largest absolute Gasteiger partial charge is 0.0620 e. The van der Waals surface area contributed by atoms with Gasteiger partial charge in [0, 0.05) is 25.4 Å². The number of rotatable bonds is 17. The Balaban J connectivity index is 1.88. The zero-order chi connectivity index (χ0) is 30.0. The Bertz CT molecular complexity index is 902. The second-order valence-corrected chi connectivity index (χ2v) is 15.9. The van der Waals surface area contributed by atoms with Crippen LogP contribution in [0, 0.1) is 17.8 Å². The molecule has 0 aromatic rings. The van der Waals surface area contributed by atoms with Gasteiger partial charge >= 0.3 is 150 Å². The molecule has 0 radical (unpaired) electrons. The molecule has 0 saturated carbocycles. The standard InChI is InChI=1S/C28H46Cl2IN4O5/c1-7-8-11-23(40-6)18(4)22(36)13-12-20(17(2)3)25(37)33-19(5)27(39)35-14-9-10-21(34-35)26(38)32-16-28(29,30)24-15-31-24/h7,17-21,23-24,34H,1,8-16H2,2-6H3,(H,32,38)(H,33,37)/q-1/t18-,19-,20-,21-,23+,24?/m0/s1. The Morgan fingerprint density at radius 1 is 1.20 bits per heavy atom. The smallest absolute Gasteiger partial charge is 0.0355 e. The minimum atomic E-state index is -0.932. The van der Waals surface area contributed by atoms with Gasteiger partial charge in [-0.2, -0.15) is 0 Å². The fourth-order valence-corrected chi connectivity index (χ4v) is 8.28. The van der Waals surface area contributed by atoms with Gasteiger partial charge in [-0.15, -0.1) is 6.58 Å². The second-order valence-electron chi connectivity index (χ2n) is 11.1. The summed E-state index contributed by atoms with van der Waals surface area (Å²) in [5, 5.41) is 7.06. The molecule has 0 spiro atoms. The molecule has 9 nitrogen and oxygen atoms in total. The van der Waals surface area contributed by atoms with Gasteiger partial charge in [0.15, 0.2) is 0 Å². The van der Waals surface area contributed by atoms with Crippen LogP contribution in [-0.2, 0) is 23.9 Å². The van der Waals surface area contributed by atoms with Crippen molar-refractivity contribution in [3.63, 3.8) is 0 Å². The first kappa shape index (κ1) is 35.2. The van der Waals surface area contributed by atoms with Gasteiger partial charge in [0.05, 0.1) is 6.10 Å². The van der Waals surface area contributed by atoms with Crippen molar-refractivity contribution in [3.8, 4) is 0 Å². The van der Waals surface area contributed by atoms with Crippen molar-refractivity contribution >= 4 is 46.7 Å². The molecule has 3 amide bonds. The Morgan fingerprint density at radius 3 is 2.45 bits per heavy atom. The number of ketones is 1. The molecule has 1 unspecified atom stereocenters. The molecule has 2 heterocycles. The first-order valence-corrected chi connectivity index (χ1v) is 17.6. The number of halogens is 3. The molecule has 0 bridgehead atoms. The van der Waals surface area contributed by atoms with E-state index in [2.05, 4.69) is 22.6 Å². The van der Waals surface area contributed by atoms with Crippen LogP contribution in [-0.4, -0.2) is 79.6 Å². The van der Waals surface area contributed by atoms with Gasteiger partial charge in [0.2, 0.25) is 0 Å². The molecule has 2 fully saturated rings. The SMILES string of the molecule is C=CCC[C@@H](OC)[C@@H](C)C(=O)CC[C@H](C(=O)N[C@@H](C)C(=O)N1CCC[C@@H](C(=O)NCC(Cl)(Cl)C2C[I-]2)N1)C(C)C. The van der Waals surface area contributed by atoms with E-state index in [-0.39, 0.29) is 75.6 Å². The third kappa shape index (κ3) is 10.7.